The van der Waals surface area contributed by atoms with Crippen LogP contribution in [0.4, 0.5) is 11.4 Å². The molecule has 1 heterocycles. The summed E-state index contributed by atoms with van der Waals surface area (Å²) in [5, 5.41) is 3.09. The Bertz CT molecular complexity index is 875. The molecule has 2 amide bonds. The molecular formula is C24H30N2O2. The largest absolute Gasteiger partial charge is 0.325 e. The van der Waals surface area contributed by atoms with E-state index >= 15 is 0 Å². The standard InChI is InChI=1S/C24H30N2O2/c1-5-16(3)20-12-7-8-13-21(20)26-15-19(14-22(26)27)24(28)25-23-17(4)10-9-11-18(23)6-2/h7-13,16,19H,5-6,14-15H2,1-4H3,(H,25,28)/t16-,19-/m0/s1. The molecule has 1 N–H and O–H groups in total. The Hall–Kier alpha value is -2.62. The fourth-order valence-corrected chi connectivity index (χ4v) is 3.91. The van der Waals surface area contributed by atoms with Crippen molar-refractivity contribution in [2.24, 2.45) is 5.92 Å². The van der Waals surface area contributed by atoms with Crippen LogP contribution in [0, 0.1) is 12.8 Å². The first-order chi connectivity index (χ1) is 13.5. The average Bonchev–Trinajstić information content (AvgIpc) is 3.10. The summed E-state index contributed by atoms with van der Waals surface area (Å²) in [6.07, 6.45) is 2.12. The maximum atomic E-state index is 12.9. The first-order valence-corrected chi connectivity index (χ1v) is 10.2. The van der Waals surface area contributed by atoms with Gasteiger partial charge < -0.3 is 10.2 Å². The van der Waals surface area contributed by atoms with E-state index < -0.39 is 0 Å². The SMILES string of the molecule is CCc1cccc(C)c1NC(=O)[C@H]1CC(=O)N(c2ccccc2[C@@H](C)CC)C1. The van der Waals surface area contributed by atoms with Crippen molar-refractivity contribution < 1.29 is 9.59 Å². The van der Waals surface area contributed by atoms with E-state index in [9.17, 15) is 9.59 Å². The first kappa shape index (κ1) is 20.1. The van der Waals surface area contributed by atoms with E-state index in [4.69, 9.17) is 0 Å². The Kier molecular flexibility index (Phi) is 6.18. The van der Waals surface area contributed by atoms with Crippen LogP contribution in [0.1, 0.15) is 56.2 Å². The summed E-state index contributed by atoms with van der Waals surface area (Å²) in [6.45, 7) is 8.84. The van der Waals surface area contributed by atoms with Crippen molar-refractivity contribution in [3.63, 3.8) is 0 Å². The van der Waals surface area contributed by atoms with Crippen LogP contribution in [0.15, 0.2) is 42.5 Å². The van der Waals surface area contributed by atoms with Gasteiger partial charge in [-0.2, -0.15) is 0 Å². The van der Waals surface area contributed by atoms with Gasteiger partial charge in [-0.1, -0.05) is 57.2 Å². The first-order valence-electron chi connectivity index (χ1n) is 10.2. The molecule has 0 saturated carbocycles. The van der Waals surface area contributed by atoms with Crippen molar-refractivity contribution in [1.82, 2.24) is 0 Å². The van der Waals surface area contributed by atoms with Gasteiger partial charge in [0.15, 0.2) is 0 Å². The Labute approximate surface area is 167 Å². The normalized spacial score (nSPS) is 17.6. The molecule has 1 saturated heterocycles. The van der Waals surface area contributed by atoms with Crippen LogP contribution < -0.4 is 10.2 Å². The molecule has 2 aromatic rings. The van der Waals surface area contributed by atoms with E-state index in [1.807, 2.05) is 43.3 Å². The number of anilines is 2. The minimum Gasteiger partial charge on any atom is -0.325 e. The van der Waals surface area contributed by atoms with Crippen molar-refractivity contribution in [2.75, 3.05) is 16.8 Å². The van der Waals surface area contributed by atoms with Gasteiger partial charge >= 0.3 is 0 Å². The number of benzene rings is 2. The molecule has 1 fully saturated rings. The van der Waals surface area contributed by atoms with E-state index in [1.54, 1.807) is 4.90 Å². The van der Waals surface area contributed by atoms with Gasteiger partial charge in [-0.15, -0.1) is 0 Å². The third-order valence-electron chi connectivity index (χ3n) is 5.85. The average molecular weight is 379 g/mol. The van der Waals surface area contributed by atoms with E-state index in [1.165, 1.54) is 5.56 Å². The second-order valence-corrected chi connectivity index (χ2v) is 7.73. The van der Waals surface area contributed by atoms with Crippen LogP contribution in [0.25, 0.3) is 0 Å². The number of para-hydroxylation sites is 2. The molecule has 0 aromatic heterocycles. The fourth-order valence-electron chi connectivity index (χ4n) is 3.91. The quantitative estimate of drug-likeness (QED) is 0.763. The maximum Gasteiger partial charge on any atom is 0.229 e. The molecule has 0 spiro atoms. The van der Waals surface area contributed by atoms with Crippen LogP contribution >= 0.6 is 0 Å². The number of nitrogens with zero attached hydrogens (tertiary/aromatic N) is 1. The highest BCUT2D eigenvalue weighted by Crippen LogP contribution is 2.34. The highest BCUT2D eigenvalue weighted by Gasteiger charge is 2.36. The Morgan fingerprint density at radius 2 is 1.93 bits per heavy atom. The molecule has 1 aliphatic heterocycles. The minimum absolute atomic E-state index is 0.0244. The Morgan fingerprint density at radius 1 is 1.18 bits per heavy atom. The molecule has 4 nitrogen and oxygen atoms in total. The number of carbonyl (C=O) groups excluding carboxylic acids is 2. The minimum atomic E-state index is -0.332. The van der Waals surface area contributed by atoms with Crippen molar-refractivity contribution in [1.29, 1.82) is 0 Å². The molecular weight excluding hydrogens is 348 g/mol. The Morgan fingerprint density at radius 3 is 2.64 bits per heavy atom. The van der Waals surface area contributed by atoms with Gasteiger partial charge in [0.2, 0.25) is 11.8 Å². The van der Waals surface area contributed by atoms with Crippen molar-refractivity contribution in [2.45, 2.75) is 52.9 Å². The number of hydrogen-bond acceptors (Lipinski definition) is 2. The maximum absolute atomic E-state index is 12.9. The number of carbonyl (C=O) groups is 2. The van der Waals surface area contributed by atoms with Gasteiger partial charge in [-0.25, -0.2) is 0 Å². The predicted molar refractivity (Wildman–Crippen MR) is 115 cm³/mol. The fraction of sp³-hybridized carbons (Fsp3) is 0.417. The zero-order valence-corrected chi connectivity index (χ0v) is 17.3. The third kappa shape index (κ3) is 3.96. The summed E-state index contributed by atoms with van der Waals surface area (Å²) in [7, 11) is 0. The number of nitrogens with one attached hydrogen (secondary N) is 1. The van der Waals surface area contributed by atoms with Gasteiger partial charge in [0.05, 0.1) is 5.92 Å². The second kappa shape index (κ2) is 8.59. The van der Waals surface area contributed by atoms with Crippen molar-refractivity contribution in [3.8, 4) is 0 Å². The number of rotatable bonds is 6. The highest BCUT2D eigenvalue weighted by molar-refractivity contribution is 6.04. The second-order valence-electron chi connectivity index (χ2n) is 7.73. The number of aryl methyl sites for hydroxylation is 2. The molecule has 148 valence electrons. The van der Waals surface area contributed by atoms with Gasteiger partial charge in [-0.05, 0) is 48.4 Å². The smallest absolute Gasteiger partial charge is 0.229 e. The zero-order valence-electron chi connectivity index (χ0n) is 17.3. The lowest BCUT2D eigenvalue weighted by molar-refractivity contribution is -0.122. The summed E-state index contributed by atoms with van der Waals surface area (Å²) >= 11 is 0. The van der Waals surface area contributed by atoms with Gasteiger partial charge in [-0.3, -0.25) is 9.59 Å². The topological polar surface area (TPSA) is 49.4 Å². The molecule has 2 aromatic carbocycles. The molecule has 4 heteroatoms. The van der Waals surface area contributed by atoms with Crippen LogP contribution in [-0.2, 0) is 16.0 Å². The van der Waals surface area contributed by atoms with E-state index in [-0.39, 0.29) is 24.2 Å². The van der Waals surface area contributed by atoms with Gasteiger partial charge in [0.25, 0.3) is 0 Å². The molecule has 0 unspecified atom stereocenters. The molecule has 3 rings (SSSR count). The summed E-state index contributed by atoms with van der Waals surface area (Å²) in [4.78, 5) is 27.5. The summed E-state index contributed by atoms with van der Waals surface area (Å²) in [5.41, 5.74) is 5.18. The lowest BCUT2D eigenvalue weighted by atomic mass is 9.96. The van der Waals surface area contributed by atoms with Crippen LogP contribution in [0.2, 0.25) is 0 Å². The molecule has 0 aliphatic carbocycles. The van der Waals surface area contributed by atoms with E-state index in [0.29, 0.717) is 12.5 Å². The zero-order chi connectivity index (χ0) is 20.3. The van der Waals surface area contributed by atoms with Crippen LogP contribution in [-0.4, -0.2) is 18.4 Å². The molecule has 2 atom stereocenters. The van der Waals surface area contributed by atoms with Crippen LogP contribution in [0.5, 0.6) is 0 Å². The highest BCUT2D eigenvalue weighted by atomic mass is 16.2. The lowest BCUT2D eigenvalue weighted by Gasteiger charge is -2.23. The van der Waals surface area contributed by atoms with Crippen molar-refractivity contribution in [3.05, 3.63) is 59.2 Å². The Balaban J connectivity index is 1.80. The van der Waals surface area contributed by atoms with Gasteiger partial charge in [0, 0.05) is 24.3 Å². The number of hydrogen-bond donors (Lipinski definition) is 1. The van der Waals surface area contributed by atoms with E-state index in [2.05, 4.69) is 32.2 Å². The molecule has 28 heavy (non-hydrogen) atoms. The summed E-state index contributed by atoms with van der Waals surface area (Å²) in [5.74, 6) is -0.00460. The molecule has 0 bridgehead atoms. The van der Waals surface area contributed by atoms with Gasteiger partial charge in [0.1, 0.15) is 0 Å². The predicted octanol–water partition coefficient (Wildman–Crippen LogP) is 5.06. The monoisotopic (exact) mass is 378 g/mol. The van der Waals surface area contributed by atoms with Crippen molar-refractivity contribution >= 4 is 23.2 Å². The summed E-state index contributed by atoms with van der Waals surface area (Å²) in [6, 6.07) is 14.1. The number of amides is 2. The molecule has 1 aliphatic rings. The molecule has 0 radical (unpaired) electrons. The van der Waals surface area contributed by atoms with Crippen LogP contribution in [0.3, 0.4) is 0 Å². The summed E-state index contributed by atoms with van der Waals surface area (Å²) < 4.78 is 0. The lowest BCUT2D eigenvalue weighted by Crippen LogP contribution is -2.29. The van der Waals surface area contributed by atoms with E-state index in [0.717, 1.165) is 35.3 Å². The third-order valence-corrected chi connectivity index (χ3v) is 5.85.